The number of hydrogen-bond donors (Lipinski definition) is 3. The highest BCUT2D eigenvalue weighted by Crippen LogP contribution is 2.39. The Morgan fingerprint density at radius 1 is 1.35 bits per heavy atom. The van der Waals surface area contributed by atoms with Crippen molar-refractivity contribution in [1.29, 1.82) is 5.26 Å². The number of nitrogens with one attached hydrogen (secondary N) is 3. The van der Waals surface area contributed by atoms with Crippen LogP contribution in [0.3, 0.4) is 0 Å². The molecule has 0 spiro atoms. The Bertz CT molecular complexity index is 828. The Morgan fingerprint density at radius 2 is 2.15 bits per heavy atom. The van der Waals surface area contributed by atoms with Crippen molar-refractivity contribution in [2.45, 2.75) is 5.92 Å². The zero-order valence-electron chi connectivity index (χ0n) is 9.97. The van der Waals surface area contributed by atoms with Crippen LogP contribution in [0.25, 0.3) is 0 Å². The van der Waals surface area contributed by atoms with Gasteiger partial charge in [0.25, 0.3) is 5.56 Å². The average Bonchev–Trinajstić information content (AvgIpc) is 2.90. The molecule has 1 aliphatic rings. The summed E-state index contributed by atoms with van der Waals surface area (Å²) in [5.74, 6) is -1.69. The normalized spacial score (nSPS) is 20.9. The van der Waals surface area contributed by atoms with Gasteiger partial charge in [0.15, 0.2) is 4.77 Å². The highest BCUT2D eigenvalue weighted by molar-refractivity contribution is 7.71. The Balaban J connectivity index is 2.31. The fraction of sp³-hybridized carbons (Fsp3) is 0.167. The van der Waals surface area contributed by atoms with Crippen LogP contribution in [-0.2, 0) is 4.79 Å². The van der Waals surface area contributed by atoms with E-state index in [-0.39, 0.29) is 16.1 Å². The number of nitriles is 1. The molecule has 0 radical (unpaired) electrons. The van der Waals surface area contributed by atoms with Crippen LogP contribution >= 0.6 is 23.6 Å². The van der Waals surface area contributed by atoms with E-state index in [0.29, 0.717) is 5.56 Å². The number of aromatic amines is 2. The van der Waals surface area contributed by atoms with E-state index >= 15 is 0 Å². The summed E-state index contributed by atoms with van der Waals surface area (Å²) in [6.45, 7) is 0. The smallest absolute Gasteiger partial charge is 0.257 e. The highest BCUT2D eigenvalue weighted by Gasteiger charge is 2.40. The van der Waals surface area contributed by atoms with Gasteiger partial charge in [-0.05, 0) is 23.7 Å². The van der Waals surface area contributed by atoms with Crippen molar-refractivity contribution in [3.05, 3.63) is 43.1 Å². The van der Waals surface area contributed by atoms with E-state index < -0.39 is 17.7 Å². The van der Waals surface area contributed by atoms with Crippen LogP contribution in [0.1, 0.15) is 16.4 Å². The maximum Gasteiger partial charge on any atom is 0.257 e. The van der Waals surface area contributed by atoms with Crippen molar-refractivity contribution in [3.8, 4) is 6.07 Å². The molecule has 8 heteroatoms. The molecule has 0 fully saturated rings. The van der Waals surface area contributed by atoms with E-state index in [2.05, 4.69) is 15.3 Å². The van der Waals surface area contributed by atoms with Crippen LogP contribution in [-0.4, -0.2) is 15.9 Å². The summed E-state index contributed by atoms with van der Waals surface area (Å²) in [7, 11) is 0. The molecular formula is C12H8N4O2S2. The van der Waals surface area contributed by atoms with Crippen LogP contribution in [0, 0.1) is 22.0 Å². The molecule has 0 aliphatic carbocycles. The van der Waals surface area contributed by atoms with Gasteiger partial charge < -0.3 is 10.3 Å². The molecule has 1 amide bonds. The Kier molecular flexibility index (Phi) is 3.00. The van der Waals surface area contributed by atoms with Gasteiger partial charge in [0.05, 0.1) is 17.6 Å². The number of fused-ring (bicyclic) bond motifs is 1. The fourth-order valence-corrected chi connectivity index (χ4v) is 3.39. The summed E-state index contributed by atoms with van der Waals surface area (Å²) in [5, 5.41) is 13.6. The number of carbonyl (C=O) groups is 1. The molecule has 0 bridgehead atoms. The van der Waals surface area contributed by atoms with Gasteiger partial charge in [-0.3, -0.25) is 14.6 Å². The van der Waals surface area contributed by atoms with Gasteiger partial charge in [-0.25, -0.2) is 0 Å². The Labute approximate surface area is 122 Å². The van der Waals surface area contributed by atoms with E-state index in [4.69, 9.17) is 12.2 Å². The number of carbonyl (C=O) groups excluding carboxylic acids is 1. The largest absolute Gasteiger partial charge is 0.318 e. The number of hydrogen-bond acceptors (Lipinski definition) is 5. The Hall–Kier alpha value is -2.24. The molecule has 20 heavy (non-hydrogen) atoms. The van der Waals surface area contributed by atoms with Gasteiger partial charge in [0.1, 0.15) is 11.7 Å². The van der Waals surface area contributed by atoms with E-state index in [1.54, 1.807) is 0 Å². The van der Waals surface area contributed by atoms with Gasteiger partial charge in [0, 0.05) is 4.88 Å². The molecule has 3 N–H and O–H groups in total. The summed E-state index contributed by atoms with van der Waals surface area (Å²) < 4.78 is 0.134. The monoisotopic (exact) mass is 304 g/mol. The molecule has 3 heterocycles. The van der Waals surface area contributed by atoms with E-state index in [1.165, 1.54) is 11.3 Å². The van der Waals surface area contributed by atoms with E-state index in [1.807, 2.05) is 23.6 Å². The predicted octanol–water partition coefficient (Wildman–Crippen LogP) is 1.72. The lowest BCUT2D eigenvalue weighted by atomic mass is 9.83. The summed E-state index contributed by atoms with van der Waals surface area (Å²) in [6.07, 6.45) is 0. The topological polar surface area (TPSA) is 102 Å². The summed E-state index contributed by atoms with van der Waals surface area (Å²) in [6, 6.07) is 5.60. The third-order valence-electron chi connectivity index (χ3n) is 3.14. The zero-order valence-corrected chi connectivity index (χ0v) is 11.6. The number of nitrogens with zero attached hydrogens (tertiary/aromatic N) is 1. The molecule has 6 nitrogen and oxygen atoms in total. The first-order valence-corrected chi connectivity index (χ1v) is 7.01. The van der Waals surface area contributed by atoms with Crippen LogP contribution in [0.15, 0.2) is 22.3 Å². The maximum absolute atomic E-state index is 12.2. The molecule has 3 rings (SSSR count). The molecular weight excluding hydrogens is 296 g/mol. The fourth-order valence-electron chi connectivity index (χ4n) is 2.32. The second-order valence-electron chi connectivity index (χ2n) is 4.29. The van der Waals surface area contributed by atoms with Crippen LogP contribution in [0.5, 0.6) is 0 Å². The van der Waals surface area contributed by atoms with Crippen molar-refractivity contribution >= 4 is 35.3 Å². The first-order valence-electron chi connectivity index (χ1n) is 5.72. The minimum Gasteiger partial charge on any atom is -0.318 e. The van der Waals surface area contributed by atoms with Gasteiger partial charge in [-0.15, -0.1) is 11.3 Å². The van der Waals surface area contributed by atoms with Crippen molar-refractivity contribution in [1.82, 2.24) is 9.97 Å². The second kappa shape index (κ2) is 4.70. The summed E-state index contributed by atoms with van der Waals surface area (Å²) >= 11 is 6.30. The van der Waals surface area contributed by atoms with Crippen molar-refractivity contribution in [3.63, 3.8) is 0 Å². The highest BCUT2D eigenvalue weighted by atomic mass is 32.1. The predicted molar refractivity (Wildman–Crippen MR) is 76.1 cm³/mol. The van der Waals surface area contributed by atoms with Gasteiger partial charge in [-0.1, -0.05) is 6.07 Å². The number of aromatic nitrogens is 2. The number of rotatable bonds is 1. The minimum absolute atomic E-state index is 0.134. The second-order valence-corrected chi connectivity index (χ2v) is 5.67. The molecule has 2 unspecified atom stereocenters. The van der Waals surface area contributed by atoms with E-state index in [9.17, 15) is 14.9 Å². The van der Waals surface area contributed by atoms with Gasteiger partial charge in [-0.2, -0.15) is 5.26 Å². The molecule has 2 aromatic heterocycles. The quantitative estimate of drug-likeness (QED) is 0.698. The number of anilines is 1. The van der Waals surface area contributed by atoms with Crippen LogP contribution in [0.2, 0.25) is 0 Å². The van der Waals surface area contributed by atoms with Crippen molar-refractivity contribution in [2.75, 3.05) is 5.32 Å². The Morgan fingerprint density at radius 3 is 2.80 bits per heavy atom. The standard InChI is InChI=1S/C12H8N4O2S2/c13-4-5-7(6-2-1-3-20-6)8-9(14-10(5)17)15-12(19)16-11(8)18/h1-3,5,7H,(H3,14,15,16,17,18,19). The number of H-pyrrole nitrogens is 2. The van der Waals surface area contributed by atoms with Crippen LogP contribution in [0.4, 0.5) is 5.82 Å². The van der Waals surface area contributed by atoms with Gasteiger partial charge >= 0.3 is 0 Å². The lowest BCUT2D eigenvalue weighted by Crippen LogP contribution is -2.37. The molecule has 0 saturated carbocycles. The first-order chi connectivity index (χ1) is 9.61. The van der Waals surface area contributed by atoms with Crippen molar-refractivity contribution < 1.29 is 4.79 Å². The third-order valence-corrected chi connectivity index (χ3v) is 4.30. The van der Waals surface area contributed by atoms with E-state index in [0.717, 1.165) is 4.88 Å². The summed E-state index contributed by atoms with van der Waals surface area (Å²) in [4.78, 5) is 30.2. The molecule has 1 aliphatic heterocycles. The zero-order chi connectivity index (χ0) is 14.3. The molecule has 2 atom stereocenters. The minimum atomic E-state index is -0.938. The summed E-state index contributed by atoms with van der Waals surface area (Å²) in [5.41, 5.74) is -0.0467. The van der Waals surface area contributed by atoms with Gasteiger partial charge in [0.2, 0.25) is 5.91 Å². The average molecular weight is 304 g/mol. The lowest BCUT2D eigenvalue weighted by Gasteiger charge is -2.27. The van der Waals surface area contributed by atoms with Crippen LogP contribution < -0.4 is 10.9 Å². The number of amides is 1. The maximum atomic E-state index is 12.2. The molecule has 0 aromatic carbocycles. The lowest BCUT2D eigenvalue weighted by molar-refractivity contribution is -0.119. The molecule has 2 aromatic rings. The third kappa shape index (κ3) is 1.88. The number of thiophene rings is 1. The van der Waals surface area contributed by atoms with Crippen molar-refractivity contribution in [2.24, 2.45) is 5.92 Å². The SMILES string of the molecule is N#CC1C(=O)Nc2[nH]c(=S)[nH]c(=O)c2C1c1cccs1. The molecule has 100 valence electrons. The molecule has 0 saturated heterocycles. The first kappa shape index (κ1) is 12.8.